The van der Waals surface area contributed by atoms with Crippen LogP contribution < -0.4 is 0 Å². The molecule has 9 nitrogen and oxygen atoms in total. The maximum Gasteiger partial charge on any atom is 0.338 e. The van der Waals surface area contributed by atoms with Crippen LogP contribution in [0.4, 0.5) is 0 Å². The van der Waals surface area contributed by atoms with Crippen LogP contribution in [0, 0.1) is 16.7 Å². The molecular formula is C40H46O9. The number of ether oxygens (including phenoxy) is 4. The Morgan fingerprint density at radius 2 is 1.49 bits per heavy atom. The van der Waals surface area contributed by atoms with E-state index in [4.69, 9.17) is 18.9 Å². The minimum atomic E-state index is -1.44. The van der Waals surface area contributed by atoms with Gasteiger partial charge in [0, 0.05) is 37.2 Å². The number of benzene rings is 2. The molecule has 2 aromatic rings. The summed E-state index contributed by atoms with van der Waals surface area (Å²) in [6, 6.07) is 17.9. The summed E-state index contributed by atoms with van der Waals surface area (Å²) in [5.41, 5.74) is -0.471. The standard InChI is InChI=1S/C40H46O9/c1-24-30-22-40(38(5,6)45)23-32(46-26(3)41)25(2)34(40)35(49-37(44)29-16-12-9-13-17-29)36(47-27(4)42)39(30,7)21-20-31(24)48-33(43)19-18-28-14-10-8-11-15-28/h8-19,30-32,35-36,45H,1,20-23H2,2-7H3/t30?,31-,32-,35+,36-,39+,40-/m0/s1. The third kappa shape index (κ3) is 6.99. The largest absolute Gasteiger partial charge is 0.458 e. The predicted molar refractivity (Wildman–Crippen MR) is 183 cm³/mol. The van der Waals surface area contributed by atoms with Gasteiger partial charge in [0.2, 0.25) is 0 Å². The third-order valence-electron chi connectivity index (χ3n) is 10.8. The van der Waals surface area contributed by atoms with Crippen LogP contribution in [-0.2, 0) is 33.3 Å². The molecule has 0 spiro atoms. The molecule has 0 bridgehead atoms. The van der Waals surface area contributed by atoms with Gasteiger partial charge in [-0.05, 0) is 86.4 Å². The number of carbonyl (C=O) groups is 4. The molecule has 0 heterocycles. The second-order valence-corrected chi connectivity index (χ2v) is 14.3. The van der Waals surface area contributed by atoms with Gasteiger partial charge in [0.15, 0.2) is 6.10 Å². The average Bonchev–Trinajstić information content (AvgIpc) is 3.28. The molecule has 49 heavy (non-hydrogen) atoms. The first kappa shape index (κ1) is 35.8. The third-order valence-corrected chi connectivity index (χ3v) is 10.8. The Morgan fingerprint density at radius 1 is 0.878 bits per heavy atom. The second kappa shape index (κ2) is 13.8. The molecular weight excluding hydrogens is 624 g/mol. The molecule has 3 aliphatic carbocycles. The monoisotopic (exact) mass is 670 g/mol. The van der Waals surface area contributed by atoms with Crippen molar-refractivity contribution < 1.29 is 43.2 Å². The van der Waals surface area contributed by atoms with Crippen LogP contribution >= 0.6 is 0 Å². The van der Waals surface area contributed by atoms with Gasteiger partial charge in [0.1, 0.15) is 18.3 Å². The Morgan fingerprint density at radius 3 is 2.08 bits per heavy atom. The molecule has 0 amide bonds. The molecule has 1 N–H and O–H groups in total. The lowest BCUT2D eigenvalue weighted by Gasteiger charge is -2.50. The van der Waals surface area contributed by atoms with Crippen molar-refractivity contribution in [3.63, 3.8) is 0 Å². The fraction of sp³-hybridized carbons (Fsp3) is 0.450. The first-order chi connectivity index (χ1) is 23.1. The van der Waals surface area contributed by atoms with Gasteiger partial charge < -0.3 is 24.1 Å². The number of aliphatic hydroxyl groups is 1. The van der Waals surface area contributed by atoms with E-state index in [0.717, 1.165) is 5.56 Å². The summed E-state index contributed by atoms with van der Waals surface area (Å²) in [5.74, 6) is -2.70. The molecule has 2 saturated carbocycles. The summed E-state index contributed by atoms with van der Waals surface area (Å²) in [5, 5.41) is 12.1. The summed E-state index contributed by atoms with van der Waals surface area (Å²) in [7, 11) is 0. The predicted octanol–water partition coefficient (Wildman–Crippen LogP) is 6.55. The van der Waals surface area contributed by atoms with Crippen LogP contribution in [0.5, 0.6) is 0 Å². The molecule has 0 aromatic heterocycles. The minimum Gasteiger partial charge on any atom is -0.458 e. The van der Waals surface area contributed by atoms with Crippen molar-refractivity contribution >= 4 is 30.0 Å². The Labute approximate surface area is 288 Å². The van der Waals surface area contributed by atoms with Gasteiger partial charge in [0.25, 0.3) is 0 Å². The maximum atomic E-state index is 13.8. The SMILES string of the molecule is C=C1C2C[C@]3(C(C)(C)O)C[C@H](OC(C)=O)C(C)=C3[C@@H](OC(=O)c3ccccc3)[C@H](OC(C)=O)[C@]2(C)CC[C@@H]1OC(=O)C=Cc1ccccc1. The molecule has 5 rings (SSSR count). The van der Waals surface area contributed by atoms with Gasteiger partial charge in [-0.3, -0.25) is 9.59 Å². The van der Waals surface area contributed by atoms with Crippen molar-refractivity contribution in [1.82, 2.24) is 0 Å². The summed E-state index contributed by atoms with van der Waals surface area (Å²) in [4.78, 5) is 52.1. The lowest BCUT2D eigenvalue weighted by Crippen LogP contribution is -2.52. The molecule has 2 fully saturated rings. The van der Waals surface area contributed by atoms with Crippen LogP contribution in [0.25, 0.3) is 6.08 Å². The van der Waals surface area contributed by atoms with Crippen molar-refractivity contribution in [1.29, 1.82) is 0 Å². The van der Waals surface area contributed by atoms with E-state index in [0.29, 0.717) is 35.1 Å². The highest BCUT2D eigenvalue weighted by Crippen LogP contribution is 2.65. The van der Waals surface area contributed by atoms with Gasteiger partial charge in [-0.1, -0.05) is 62.0 Å². The zero-order valence-corrected chi connectivity index (χ0v) is 29.1. The number of carbonyl (C=O) groups excluding carboxylic acids is 4. The molecule has 260 valence electrons. The molecule has 0 radical (unpaired) electrons. The normalized spacial score (nSPS) is 29.8. The van der Waals surface area contributed by atoms with E-state index in [-0.39, 0.29) is 12.8 Å². The summed E-state index contributed by atoms with van der Waals surface area (Å²) in [6.45, 7) is 14.3. The van der Waals surface area contributed by atoms with E-state index in [1.54, 1.807) is 57.2 Å². The second-order valence-electron chi connectivity index (χ2n) is 14.3. The van der Waals surface area contributed by atoms with E-state index >= 15 is 0 Å². The van der Waals surface area contributed by atoms with Crippen LogP contribution in [0.1, 0.15) is 83.1 Å². The molecule has 0 aliphatic heterocycles. The lowest BCUT2D eigenvalue weighted by molar-refractivity contribution is -0.168. The summed E-state index contributed by atoms with van der Waals surface area (Å²) < 4.78 is 24.4. The van der Waals surface area contributed by atoms with Gasteiger partial charge in [-0.25, -0.2) is 9.59 Å². The minimum absolute atomic E-state index is 0.202. The van der Waals surface area contributed by atoms with Gasteiger partial charge in [-0.15, -0.1) is 0 Å². The average molecular weight is 671 g/mol. The van der Waals surface area contributed by atoms with E-state index < -0.39 is 70.6 Å². The fourth-order valence-corrected chi connectivity index (χ4v) is 8.28. The summed E-state index contributed by atoms with van der Waals surface area (Å²) >= 11 is 0. The molecule has 1 unspecified atom stereocenters. The number of rotatable bonds is 8. The highest BCUT2D eigenvalue weighted by molar-refractivity contribution is 5.89. The quantitative estimate of drug-likeness (QED) is 0.144. The fourth-order valence-electron chi connectivity index (χ4n) is 8.28. The lowest BCUT2D eigenvalue weighted by atomic mass is 9.57. The topological polar surface area (TPSA) is 125 Å². The maximum absolute atomic E-state index is 13.8. The first-order valence-corrected chi connectivity index (χ1v) is 16.7. The van der Waals surface area contributed by atoms with Crippen molar-refractivity contribution in [2.45, 2.75) is 97.2 Å². The molecule has 2 aromatic carbocycles. The van der Waals surface area contributed by atoms with E-state index in [1.807, 2.05) is 37.3 Å². The zero-order valence-electron chi connectivity index (χ0n) is 29.1. The Hall–Kier alpha value is -4.50. The highest BCUT2D eigenvalue weighted by atomic mass is 16.6. The van der Waals surface area contributed by atoms with Gasteiger partial charge in [-0.2, -0.15) is 0 Å². The van der Waals surface area contributed by atoms with Crippen molar-refractivity contribution in [2.24, 2.45) is 16.7 Å². The molecule has 3 aliphatic rings. The summed E-state index contributed by atoms with van der Waals surface area (Å²) in [6.07, 6.45) is 0.815. The zero-order chi connectivity index (χ0) is 35.7. The van der Waals surface area contributed by atoms with Crippen LogP contribution in [0.15, 0.2) is 90.0 Å². The van der Waals surface area contributed by atoms with Gasteiger partial charge >= 0.3 is 23.9 Å². The number of esters is 4. The Balaban J connectivity index is 1.62. The number of hydrogen-bond acceptors (Lipinski definition) is 9. The highest BCUT2D eigenvalue weighted by Gasteiger charge is 2.66. The smallest absolute Gasteiger partial charge is 0.338 e. The van der Waals surface area contributed by atoms with E-state index in [9.17, 15) is 24.3 Å². The molecule has 0 saturated heterocycles. The van der Waals surface area contributed by atoms with Crippen LogP contribution in [-0.4, -0.2) is 59.0 Å². The Bertz CT molecular complexity index is 1670. The van der Waals surface area contributed by atoms with Crippen molar-refractivity contribution in [2.75, 3.05) is 0 Å². The Kier molecular flexibility index (Phi) is 10.1. The number of hydrogen-bond donors (Lipinski definition) is 1. The van der Waals surface area contributed by atoms with Crippen molar-refractivity contribution in [3.05, 3.63) is 101 Å². The molecule has 7 atom stereocenters. The van der Waals surface area contributed by atoms with E-state index in [2.05, 4.69) is 6.58 Å². The first-order valence-electron chi connectivity index (χ1n) is 16.7. The number of fused-ring (bicyclic) bond motifs is 2. The van der Waals surface area contributed by atoms with E-state index in [1.165, 1.54) is 19.9 Å². The van der Waals surface area contributed by atoms with Crippen LogP contribution in [0.3, 0.4) is 0 Å². The molecule has 9 heteroatoms. The van der Waals surface area contributed by atoms with Crippen LogP contribution in [0.2, 0.25) is 0 Å². The van der Waals surface area contributed by atoms with Gasteiger partial charge in [0.05, 0.1) is 11.2 Å². The van der Waals surface area contributed by atoms with Crippen molar-refractivity contribution in [3.8, 4) is 0 Å².